The molecule has 2 N–H and O–H groups in total. The smallest absolute Gasteiger partial charge is 0.127 e. The molecular formula is C12H19NOS. The third-order valence-corrected chi connectivity index (χ3v) is 3.20. The van der Waals surface area contributed by atoms with Gasteiger partial charge in [0.2, 0.25) is 0 Å². The molecule has 1 aromatic rings. The molecule has 0 saturated carbocycles. The summed E-state index contributed by atoms with van der Waals surface area (Å²) in [6.07, 6.45) is 0. The summed E-state index contributed by atoms with van der Waals surface area (Å²) < 4.78 is 5.45. The van der Waals surface area contributed by atoms with Crippen LogP contribution in [0.15, 0.2) is 6.07 Å². The first-order valence-corrected chi connectivity index (χ1v) is 5.67. The number of hydrogen-bond donors (Lipinski definition) is 2. The Labute approximate surface area is 97.2 Å². The summed E-state index contributed by atoms with van der Waals surface area (Å²) in [6.45, 7) is 6.21. The van der Waals surface area contributed by atoms with Gasteiger partial charge in [-0.25, -0.2) is 0 Å². The summed E-state index contributed by atoms with van der Waals surface area (Å²) in [4.78, 5) is 0. The Hall–Kier alpha value is -0.670. The Balaban J connectivity index is 3.41. The third kappa shape index (κ3) is 2.29. The Morgan fingerprint density at radius 3 is 2.40 bits per heavy atom. The topological polar surface area (TPSA) is 35.2 Å². The number of aryl methyl sites for hydroxylation is 2. The highest BCUT2D eigenvalue weighted by Gasteiger charge is 2.16. The molecule has 0 spiro atoms. The summed E-state index contributed by atoms with van der Waals surface area (Å²) >= 11 is 4.24. The van der Waals surface area contributed by atoms with E-state index in [9.17, 15) is 0 Å². The molecule has 0 saturated heterocycles. The number of rotatable bonds is 3. The molecule has 1 unspecified atom stereocenters. The fraction of sp³-hybridized carbons (Fsp3) is 0.500. The van der Waals surface area contributed by atoms with Crippen LogP contribution >= 0.6 is 12.6 Å². The van der Waals surface area contributed by atoms with Gasteiger partial charge in [-0.2, -0.15) is 12.6 Å². The molecule has 15 heavy (non-hydrogen) atoms. The van der Waals surface area contributed by atoms with Gasteiger partial charge in [0.15, 0.2) is 0 Å². The molecule has 2 nitrogen and oxygen atoms in total. The van der Waals surface area contributed by atoms with Gasteiger partial charge in [-0.3, -0.25) is 0 Å². The maximum atomic E-state index is 6.03. The first-order chi connectivity index (χ1) is 7.02. The minimum atomic E-state index is -0.0671. The second kappa shape index (κ2) is 4.90. The van der Waals surface area contributed by atoms with E-state index in [1.807, 2.05) is 0 Å². The molecule has 0 bridgehead atoms. The lowest BCUT2D eigenvalue weighted by Gasteiger charge is -2.20. The zero-order chi connectivity index (χ0) is 11.6. The number of methoxy groups -OCH3 is 1. The van der Waals surface area contributed by atoms with Crippen LogP contribution in [0.1, 0.15) is 28.3 Å². The molecule has 1 rings (SSSR count). The molecule has 0 fully saturated rings. The summed E-state index contributed by atoms with van der Waals surface area (Å²) in [6, 6.07) is 2.08. The first-order valence-electron chi connectivity index (χ1n) is 5.04. The van der Waals surface area contributed by atoms with Crippen LogP contribution in [0, 0.1) is 20.8 Å². The van der Waals surface area contributed by atoms with Gasteiger partial charge in [-0.1, -0.05) is 6.07 Å². The number of nitrogens with two attached hydrogens (primary N) is 1. The molecule has 0 aliphatic rings. The van der Waals surface area contributed by atoms with Crippen molar-refractivity contribution >= 4 is 12.6 Å². The van der Waals surface area contributed by atoms with Gasteiger partial charge < -0.3 is 10.5 Å². The molecule has 0 heterocycles. The van der Waals surface area contributed by atoms with Crippen molar-refractivity contribution in [2.75, 3.05) is 12.9 Å². The zero-order valence-electron chi connectivity index (χ0n) is 9.79. The molecule has 0 radical (unpaired) electrons. The van der Waals surface area contributed by atoms with Crippen LogP contribution in [0.2, 0.25) is 0 Å². The lowest BCUT2D eigenvalue weighted by atomic mass is 9.95. The van der Waals surface area contributed by atoms with E-state index in [4.69, 9.17) is 10.5 Å². The minimum Gasteiger partial charge on any atom is -0.496 e. The fourth-order valence-corrected chi connectivity index (χ4v) is 2.07. The summed E-state index contributed by atoms with van der Waals surface area (Å²) in [5.41, 5.74) is 10.7. The summed E-state index contributed by atoms with van der Waals surface area (Å²) in [5.74, 6) is 1.54. The van der Waals surface area contributed by atoms with Gasteiger partial charge in [0.05, 0.1) is 7.11 Å². The van der Waals surface area contributed by atoms with Gasteiger partial charge >= 0.3 is 0 Å². The fourth-order valence-electron chi connectivity index (χ4n) is 1.89. The molecule has 3 heteroatoms. The molecule has 0 aliphatic heterocycles. The van der Waals surface area contributed by atoms with Crippen LogP contribution in [0.5, 0.6) is 5.75 Å². The maximum absolute atomic E-state index is 6.03. The van der Waals surface area contributed by atoms with Crippen LogP contribution in [-0.2, 0) is 0 Å². The lowest BCUT2D eigenvalue weighted by molar-refractivity contribution is 0.403. The Kier molecular flexibility index (Phi) is 4.05. The summed E-state index contributed by atoms with van der Waals surface area (Å²) in [5, 5.41) is 0. The Bertz CT molecular complexity index is 363. The van der Waals surface area contributed by atoms with Gasteiger partial charge in [-0.15, -0.1) is 0 Å². The SMILES string of the molecule is COc1c(C)c(C)cc(C)c1C(N)CS. The van der Waals surface area contributed by atoms with Crippen molar-refractivity contribution in [1.29, 1.82) is 0 Å². The van der Waals surface area contributed by atoms with Crippen molar-refractivity contribution in [1.82, 2.24) is 0 Å². The highest BCUT2D eigenvalue weighted by atomic mass is 32.1. The second-order valence-electron chi connectivity index (χ2n) is 3.87. The lowest BCUT2D eigenvalue weighted by Crippen LogP contribution is -2.15. The van der Waals surface area contributed by atoms with Crippen molar-refractivity contribution < 1.29 is 4.74 Å². The van der Waals surface area contributed by atoms with E-state index in [1.54, 1.807) is 7.11 Å². The predicted octanol–water partition coefficient (Wildman–Crippen LogP) is 2.55. The number of hydrogen-bond acceptors (Lipinski definition) is 3. The third-order valence-electron chi connectivity index (χ3n) is 2.81. The highest BCUT2D eigenvalue weighted by Crippen LogP contribution is 2.33. The monoisotopic (exact) mass is 225 g/mol. The Morgan fingerprint density at radius 1 is 1.33 bits per heavy atom. The van der Waals surface area contributed by atoms with Crippen LogP contribution in [0.3, 0.4) is 0 Å². The van der Waals surface area contributed by atoms with E-state index in [1.165, 1.54) is 11.1 Å². The van der Waals surface area contributed by atoms with E-state index in [-0.39, 0.29) is 6.04 Å². The standard InChI is InChI=1S/C12H19NOS/c1-7-5-8(2)11(10(13)6-15)12(14-4)9(7)3/h5,10,15H,6,13H2,1-4H3. The molecule has 84 valence electrons. The van der Waals surface area contributed by atoms with E-state index in [0.717, 1.165) is 16.9 Å². The van der Waals surface area contributed by atoms with E-state index < -0.39 is 0 Å². The van der Waals surface area contributed by atoms with Crippen LogP contribution in [0.25, 0.3) is 0 Å². The quantitative estimate of drug-likeness (QED) is 0.775. The van der Waals surface area contributed by atoms with Crippen molar-refractivity contribution in [3.63, 3.8) is 0 Å². The average Bonchev–Trinajstić information content (AvgIpc) is 2.21. The zero-order valence-corrected chi connectivity index (χ0v) is 10.7. The van der Waals surface area contributed by atoms with Crippen LogP contribution in [-0.4, -0.2) is 12.9 Å². The molecule has 1 atom stereocenters. The van der Waals surface area contributed by atoms with Crippen molar-refractivity contribution in [2.45, 2.75) is 26.8 Å². The van der Waals surface area contributed by atoms with E-state index in [2.05, 4.69) is 39.5 Å². The largest absolute Gasteiger partial charge is 0.496 e. The maximum Gasteiger partial charge on any atom is 0.127 e. The molecule has 1 aromatic carbocycles. The van der Waals surface area contributed by atoms with E-state index in [0.29, 0.717) is 5.75 Å². The van der Waals surface area contributed by atoms with Crippen LogP contribution < -0.4 is 10.5 Å². The second-order valence-corrected chi connectivity index (χ2v) is 4.24. The average molecular weight is 225 g/mol. The van der Waals surface area contributed by atoms with Gasteiger partial charge in [-0.05, 0) is 37.5 Å². The predicted molar refractivity (Wildman–Crippen MR) is 68.0 cm³/mol. The molecule has 0 aliphatic carbocycles. The summed E-state index contributed by atoms with van der Waals surface area (Å²) in [7, 11) is 1.69. The van der Waals surface area contributed by atoms with Crippen molar-refractivity contribution in [3.8, 4) is 5.75 Å². The van der Waals surface area contributed by atoms with E-state index >= 15 is 0 Å². The molecule has 0 amide bonds. The Morgan fingerprint density at radius 2 is 1.93 bits per heavy atom. The van der Waals surface area contributed by atoms with Crippen LogP contribution in [0.4, 0.5) is 0 Å². The normalized spacial score (nSPS) is 12.7. The first kappa shape index (κ1) is 12.4. The highest BCUT2D eigenvalue weighted by molar-refractivity contribution is 7.80. The number of ether oxygens (including phenoxy) is 1. The van der Waals surface area contributed by atoms with Gasteiger partial charge in [0.25, 0.3) is 0 Å². The van der Waals surface area contributed by atoms with Crippen molar-refractivity contribution in [2.24, 2.45) is 5.73 Å². The van der Waals surface area contributed by atoms with Gasteiger partial charge in [0.1, 0.15) is 5.75 Å². The number of thiol groups is 1. The molecular weight excluding hydrogens is 206 g/mol. The number of benzene rings is 1. The van der Waals surface area contributed by atoms with Gasteiger partial charge in [0, 0.05) is 17.4 Å². The molecule has 0 aromatic heterocycles. The minimum absolute atomic E-state index is 0.0671. The van der Waals surface area contributed by atoms with Crippen molar-refractivity contribution in [3.05, 3.63) is 28.3 Å².